The summed E-state index contributed by atoms with van der Waals surface area (Å²) in [6, 6.07) is 0. The summed E-state index contributed by atoms with van der Waals surface area (Å²) in [5.41, 5.74) is 5.49. The fourth-order valence-corrected chi connectivity index (χ4v) is 7.55. The Kier molecular flexibility index (Phi) is 18.1. The van der Waals surface area contributed by atoms with Gasteiger partial charge in [-0.3, -0.25) is 9.05 Å². The molecule has 4 heterocycles. The summed E-state index contributed by atoms with van der Waals surface area (Å²) in [7, 11) is -5.54. The van der Waals surface area contributed by atoms with Crippen molar-refractivity contribution in [2.24, 2.45) is 5.73 Å². The minimum absolute atomic E-state index is 0.0528. The predicted molar refractivity (Wildman–Crippen MR) is 176 cm³/mol. The quantitative estimate of drug-likeness (QED) is 0.0450. The summed E-state index contributed by atoms with van der Waals surface area (Å²) in [6.07, 6.45) is -37.3. The Morgan fingerprint density at radius 3 is 1.70 bits per heavy atom. The van der Waals surface area contributed by atoms with Crippen LogP contribution in [0.1, 0.15) is 20.3 Å². The minimum Gasteiger partial charge on any atom is -0.394 e. The summed E-state index contributed by atoms with van der Waals surface area (Å²) in [4.78, 5) is 10.9. The molecule has 4 saturated heterocycles. The van der Waals surface area contributed by atoms with Crippen LogP contribution in [0.4, 0.5) is 0 Å². The van der Waals surface area contributed by atoms with Gasteiger partial charge in [0.05, 0.1) is 45.2 Å². The van der Waals surface area contributed by atoms with Gasteiger partial charge in [-0.15, -0.1) is 0 Å². The zero-order valence-corrected chi connectivity index (χ0v) is 31.3. The van der Waals surface area contributed by atoms with Crippen LogP contribution in [0, 0.1) is 0 Å². The molecule has 0 spiro atoms. The summed E-state index contributed by atoms with van der Waals surface area (Å²) >= 11 is 0. The molecule has 0 bridgehead atoms. The fraction of sp³-hybridized carbons (Fsp3) is 1.00. The molecule has 4 fully saturated rings. The van der Waals surface area contributed by atoms with E-state index in [1.54, 1.807) is 0 Å². The van der Waals surface area contributed by atoms with Gasteiger partial charge in [0.15, 0.2) is 25.2 Å². The molecule has 56 heavy (non-hydrogen) atoms. The molecule has 4 aliphatic heterocycles. The van der Waals surface area contributed by atoms with E-state index in [-0.39, 0.29) is 13.2 Å². The Balaban J connectivity index is 1.78. The molecular formula is C30H56NO24P. The molecule has 21 unspecified atom stereocenters. The standard InChI is InChI=1S/C30H56NO24P/c1-10-15(36)17(38)20(41)28(47-10)53-26-25(55-56(44,45)54-12(6-32)7-33)24(52-29-21(42)18(39)16(37)13(8-34)49-29)14(9-35)50-30(26)51-23-11(2)48-27(22(43)19(23)40)46-5-3-4-31/h10-30,32-43H,3-9,31H2,1-2H3,(H,44,45). The summed E-state index contributed by atoms with van der Waals surface area (Å²) in [6.45, 7) is -0.944. The Labute approximate surface area is 320 Å². The maximum Gasteiger partial charge on any atom is 0.473 e. The second-order valence-electron chi connectivity index (χ2n) is 13.7. The van der Waals surface area contributed by atoms with Gasteiger partial charge < -0.3 is 110 Å². The molecule has 4 rings (SSSR count). The van der Waals surface area contributed by atoms with Gasteiger partial charge in [0.2, 0.25) is 0 Å². The van der Waals surface area contributed by atoms with Crippen molar-refractivity contribution in [3.63, 3.8) is 0 Å². The zero-order valence-electron chi connectivity index (χ0n) is 30.4. The lowest BCUT2D eigenvalue weighted by Crippen LogP contribution is -2.68. The van der Waals surface area contributed by atoms with Crippen molar-refractivity contribution in [3.05, 3.63) is 0 Å². The molecule has 0 saturated carbocycles. The van der Waals surface area contributed by atoms with Gasteiger partial charge in [0.1, 0.15) is 91.6 Å². The van der Waals surface area contributed by atoms with Crippen LogP contribution in [-0.2, 0) is 51.5 Å². The van der Waals surface area contributed by atoms with E-state index in [2.05, 4.69) is 0 Å². The maximum atomic E-state index is 13.5. The van der Waals surface area contributed by atoms with Gasteiger partial charge in [-0.25, -0.2) is 4.57 Å². The molecule has 0 radical (unpaired) electrons. The summed E-state index contributed by atoms with van der Waals surface area (Å²) < 4.78 is 70.0. The molecule has 330 valence electrons. The highest BCUT2D eigenvalue weighted by atomic mass is 31.2. The SMILES string of the molecule is CC1OC(OC2C(OC3C(C)OC(OCCCN)C(O)C3O)OC(CO)C(OC3OC(CO)C(O)C(O)C3O)C2OP(=O)(O)OC(CO)CO)C(O)C(O)C1O. The van der Waals surface area contributed by atoms with Gasteiger partial charge in [0.25, 0.3) is 0 Å². The average molecular weight is 846 g/mol. The number of phosphoric acid groups is 1. The minimum atomic E-state index is -5.54. The molecule has 0 aromatic rings. The highest BCUT2D eigenvalue weighted by Crippen LogP contribution is 2.49. The van der Waals surface area contributed by atoms with Crippen molar-refractivity contribution in [2.75, 3.05) is 39.6 Å². The molecular weight excluding hydrogens is 789 g/mol. The highest BCUT2D eigenvalue weighted by molar-refractivity contribution is 7.47. The molecule has 0 aromatic carbocycles. The van der Waals surface area contributed by atoms with Crippen molar-refractivity contribution >= 4 is 7.82 Å². The average Bonchev–Trinajstić information content (AvgIpc) is 3.17. The first-order valence-corrected chi connectivity index (χ1v) is 19.4. The number of rotatable bonds is 18. The fourth-order valence-electron chi connectivity index (χ4n) is 6.44. The molecule has 4 aliphatic rings. The number of hydrogen-bond acceptors (Lipinski definition) is 24. The molecule has 0 amide bonds. The van der Waals surface area contributed by atoms with E-state index in [1.807, 2.05) is 0 Å². The third-order valence-corrected chi connectivity index (χ3v) is 10.7. The van der Waals surface area contributed by atoms with Crippen LogP contribution in [0.3, 0.4) is 0 Å². The van der Waals surface area contributed by atoms with Crippen molar-refractivity contribution in [2.45, 2.75) is 149 Å². The lowest BCUT2D eigenvalue weighted by atomic mass is 9.95. The molecule has 0 aromatic heterocycles. The third-order valence-electron chi connectivity index (χ3n) is 9.65. The molecule has 25 nitrogen and oxygen atoms in total. The Bertz CT molecular complexity index is 1220. The number of nitrogens with two attached hydrogens (primary N) is 1. The van der Waals surface area contributed by atoms with Crippen LogP contribution in [0.2, 0.25) is 0 Å². The molecule has 15 N–H and O–H groups in total. The first-order valence-electron chi connectivity index (χ1n) is 17.9. The van der Waals surface area contributed by atoms with E-state index in [4.69, 9.17) is 52.7 Å². The first kappa shape index (κ1) is 47.9. The number of phosphoric ester groups is 1. The normalized spacial score (nSPS) is 46.2. The van der Waals surface area contributed by atoms with Crippen molar-refractivity contribution in [3.8, 4) is 0 Å². The third kappa shape index (κ3) is 11.1. The van der Waals surface area contributed by atoms with Gasteiger partial charge in [0, 0.05) is 0 Å². The van der Waals surface area contributed by atoms with E-state index in [1.165, 1.54) is 13.8 Å². The van der Waals surface area contributed by atoms with Gasteiger partial charge in [-0.2, -0.15) is 0 Å². The van der Waals surface area contributed by atoms with E-state index >= 15 is 0 Å². The van der Waals surface area contributed by atoms with Crippen LogP contribution in [0.5, 0.6) is 0 Å². The van der Waals surface area contributed by atoms with E-state index in [0.717, 1.165) is 0 Å². The lowest BCUT2D eigenvalue weighted by Gasteiger charge is -2.51. The zero-order chi connectivity index (χ0) is 41.6. The van der Waals surface area contributed by atoms with E-state index in [9.17, 15) is 70.7 Å². The lowest BCUT2D eigenvalue weighted by molar-refractivity contribution is -0.398. The summed E-state index contributed by atoms with van der Waals surface area (Å²) in [5, 5.41) is 125. The Hall–Kier alpha value is -0.730. The summed E-state index contributed by atoms with van der Waals surface area (Å²) in [5.74, 6) is 0. The number of aliphatic hydroxyl groups excluding tert-OH is 12. The smallest absolute Gasteiger partial charge is 0.394 e. The van der Waals surface area contributed by atoms with Crippen LogP contribution >= 0.6 is 7.82 Å². The number of aliphatic hydroxyl groups is 12. The van der Waals surface area contributed by atoms with Gasteiger partial charge in [-0.05, 0) is 26.8 Å². The molecule has 21 atom stereocenters. The van der Waals surface area contributed by atoms with Crippen molar-refractivity contribution < 1.29 is 118 Å². The Morgan fingerprint density at radius 2 is 1.11 bits per heavy atom. The predicted octanol–water partition coefficient (Wildman–Crippen LogP) is -7.83. The second kappa shape index (κ2) is 21.2. The van der Waals surface area contributed by atoms with Gasteiger partial charge >= 0.3 is 7.82 Å². The van der Waals surface area contributed by atoms with Crippen molar-refractivity contribution in [1.82, 2.24) is 0 Å². The van der Waals surface area contributed by atoms with Crippen LogP contribution in [0.15, 0.2) is 0 Å². The largest absolute Gasteiger partial charge is 0.473 e. The van der Waals surface area contributed by atoms with E-state index < -0.39 is 163 Å². The van der Waals surface area contributed by atoms with Crippen LogP contribution in [0.25, 0.3) is 0 Å². The van der Waals surface area contributed by atoms with Crippen LogP contribution in [-0.4, -0.2) is 235 Å². The van der Waals surface area contributed by atoms with Gasteiger partial charge in [-0.1, -0.05) is 0 Å². The highest BCUT2D eigenvalue weighted by Gasteiger charge is 2.58. The first-order chi connectivity index (χ1) is 26.4. The topological polar surface area (TPSA) is 398 Å². The number of ether oxygens (including phenoxy) is 8. The van der Waals surface area contributed by atoms with Crippen LogP contribution < -0.4 is 5.73 Å². The number of hydrogen-bond donors (Lipinski definition) is 14. The van der Waals surface area contributed by atoms with Crippen molar-refractivity contribution in [1.29, 1.82) is 0 Å². The second-order valence-corrected chi connectivity index (χ2v) is 15.1. The van der Waals surface area contributed by atoms with E-state index in [0.29, 0.717) is 6.42 Å². The molecule has 26 heteroatoms. The Morgan fingerprint density at radius 1 is 0.589 bits per heavy atom. The maximum absolute atomic E-state index is 13.5. The monoisotopic (exact) mass is 845 g/mol. The molecule has 0 aliphatic carbocycles.